The molecule has 0 unspecified atom stereocenters. The van der Waals surface area contributed by atoms with Crippen LogP contribution in [-0.2, 0) is 4.74 Å². The highest BCUT2D eigenvalue weighted by Crippen LogP contribution is 2.46. The molecule has 5 nitrogen and oxygen atoms in total. The monoisotopic (exact) mass is 386 g/mol. The molecule has 1 saturated carbocycles. The van der Waals surface area contributed by atoms with E-state index >= 15 is 0 Å². The SMILES string of the molecule is N#Cc1c(-c2ccc(Br)cc2)nn(C2CCC3(CC2)COC3)c1N. The number of halogens is 1. The van der Waals surface area contributed by atoms with E-state index in [1.807, 2.05) is 28.9 Å². The summed E-state index contributed by atoms with van der Waals surface area (Å²) in [6.45, 7) is 1.78. The van der Waals surface area contributed by atoms with Gasteiger partial charge in [-0.1, -0.05) is 28.1 Å². The first-order valence-corrected chi connectivity index (χ1v) is 9.03. The van der Waals surface area contributed by atoms with E-state index in [4.69, 9.17) is 15.6 Å². The van der Waals surface area contributed by atoms with Crippen LogP contribution in [0, 0.1) is 16.7 Å². The summed E-state index contributed by atoms with van der Waals surface area (Å²) in [5.41, 5.74) is 8.73. The summed E-state index contributed by atoms with van der Waals surface area (Å²) in [7, 11) is 0. The summed E-state index contributed by atoms with van der Waals surface area (Å²) >= 11 is 3.43. The van der Waals surface area contributed by atoms with Crippen LogP contribution in [-0.4, -0.2) is 23.0 Å². The van der Waals surface area contributed by atoms with Crippen LogP contribution in [0.5, 0.6) is 0 Å². The van der Waals surface area contributed by atoms with Crippen LogP contribution in [0.1, 0.15) is 37.3 Å². The van der Waals surface area contributed by atoms with Crippen LogP contribution in [0.2, 0.25) is 0 Å². The first-order chi connectivity index (χ1) is 11.6. The van der Waals surface area contributed by atoms with E-state index in [-0.39, 0.29) is 6.04 Å². The highest BCUT2D eigenvalue weighted by molar-refractivity contribution is 9.10. The fraction of sp³-hybridized carbons (Fsp3) is 0.444. The minimum absolute atomic E-state index is 0.271. The molecule has 1 aromatic carbocycles. The van der Waals surface area contributed by atoms with Crippen LogP contribution in [0.25, 0.3) is 11.3 Å². The number of rotatable bonds is 2. The van der Waals surface area contributed by atoms with E-state index in [0.29, 0.717) is 22.5 Å². The van der Waals surface area contributed by atoms with Gasteiger partial charge in [0.2, 0.25) is 0 Å². The second kappa shape index (κ2) is 5.91. The maximum Gasteiger partial charge on any atom is 0.140 e. The van der Waals surface area contributed by atoms with Crippen molar-refractivity contribution in [3.05, 3.63) is 34.3 Å². The van der Waals surface area contributed by atoms with Gasteiger partial charge >= 0.3 is 0 Å². The van der Waals surface area contributed by atoms with Crippen molar-refractivity contribution >= 4 is 21.7 Å². The minimum Gasteiger partial charge on any atom is -0.383 e. The predicted molar refractivity (Wildman–Crippen MR) is 95.2 cm³/mol. The van der Waals surface area contributed by atoms with E-state index in [9.17, 15) is 5.26 Å². The Hall–Kier alpha value is -1.84. The summed E-state index contributed by atoms with van der Waals surface area (Å²) in [5.74, 6) is 0.487. The maximum atomic E-state index is 9.55. The third kappa shape index (κ3) is 2.52. The lowest BCUT2D eigenvalue weighted by atomic mass is 9.71. The van der Waals surface area contributed by atoms with Crippen molar-refractivity contribution in [3.63, 3.8) is 0 Å². The standard InChI is InChI=1S/C18H19BrN4O/c19-13-3-1-12(2-4-13)16-15(9-20)17(21)23(22-16)14-5-7-18(8-6-14)10-24-11-18/h1-4,14H,5-8,10-11,21H2. The number of aromatic nitrogens is 2. The molecule has 1 aliphatic carbocycles. The van der Waals surface area contributed by atoms with Crippen LogP contribution in [0.4, 0.5) is 5.82 Å². The molecule has 6 heteroatoms. The first kappa shape index (κ1) is 15.7. The molecule has 24 heavy (non-hydrogen) atoms. The quantitative estimate of drug-likeness (QED) is 0.848. The van der Waals surface area contributed by atoms with Crippen molar-refractivity contribution in [2.45, 2.75) is 31.7 Å². The summed E-state index contributed by atoms with van der Waals surface area (Å²) < 4.78 is 8.27. The van der Waals surface area contributed by atoms with E-state index < -0.39 is 0 Å². The number of benzene rings is 1. The van der Waals surface area contributed by atoms with Gasteiger partial charge in [0, 0.05) is 15.5 Å². The molecule has 1 aliphatic heterocycles. The summed E-state index contributed by atoms with van der Waals surface area (Å²) in [5, 5.41) is 14.3. The molecule has 0 bridgehead atoms. The largest absolute Gasteiger partial charge is 0.383 e. The average molecular weight is 387 g/mol. The zero-order valence-corrected chi connectivity index (χ0v) is 14.9. The van der Waals surface area contributed by atoms with Crippen molar-refractivity contribution in [1.29, 1.82) is 5.26 Å². The van der Waals surface area contributed by atoms with Gasteiger partial charge in [-0.2, -0.15) is 10.4 Å². The van der Waals surface area contributed by atoms with Gasteiger partial charge in [0.15, 0.2) is 0 Å². The smallest absolute Gasteiger partial charge is 0.140 e. The molecular weight excluding hydrogens is 368 g/mol. The zero-order valence-electron chi connectivity index (χ0n) is 13.3. The molecule has 2 N–H and O–H groups in total. The van der Waals surface area contributed by atoms with Crippen molar-refractivity contribution in [2.24, 2.45) is 5.41 Å². The van der Waals surface area contributed by atoms with Crippen molar-refractivity contribution in [1.82, 2.24) is 9.78 Å². The molecule has 0 atom stereocenters. The second-order valence-corrected chi connectivity index (χ2v) is 7.81. The Kier molecular flexibility index (Phi) is 3.86. The van der Waals surface area contributed by atoms with Crippen molar-refractivity contribution < 1.29 is 4.74 Å². The molecular formula is C18H19BrN4O. The molecule has 1 aromatic heterocycles. The fourth-order valence-electron chi connectivity index (χ4n) is 3.78. The molecule has 2 aromatic rings. The predicted octanol–water partition coefficient (Wildman–Crippen LogP) is 3.90. The number of nitrogens with zero attached hydrogens (tertiary/aromatic N) is 3. The Morgan fingerprint density at radius 1 is 1.25 bits per heavy atom. The lowest BCUT2D eigenvalue weighted by Crippen LogP contribution is -2.45. The first-order valence-electron chi connectivity index (χ1n) is 8.24. The van der Waals surface area contributed by atoms with Crippen molar-refractivity contribution in [3.8, 4) is 17.3 Å². The molecule has 124 valence electrons. The summed E-state index contributed by atoms with van der Waals surface area (Å²) in [6, 6.07) is 10.3. The molecule has 2 fully saturated rings. The van der Waals surface area contributed by atoms with Crippen LogP contribution in [0.15, 0.2) is 28.7 Å². The fourth-order valence-corrected chi connectivity index (χ4v) is 4.05. The van der Waals surface area contributed by atoms with Gasteiger partial charge in [-0.15, -0.1) is 0 Å². The number of hydrogen-bond donors (Lipinski definition) is 1. The summed E-state index contributed by atoms with van der Waals surface area (Å²) in [4.78, 5) is 0. The number of nitrogens with two attached hydrogens (primary N) is 1. The molecule has 0 radical (unpaired) electrons. The Bertz CT molecular complexity index is 792. The van der Waals surface area contributed by atoms with Crippen LogP contribution >= 0.6 is 15.9 Å². The van der Waals surface area contributed by atoms with Gasteiger partial charge in [0.05, 0.1) is 19.3 Å². The minimum atomic E-state index is 0.271. The topological polar surface area (TPSA) is 76.9 Å². The molecule has 2 aliphatic rings. The van der Waals surface area contributed by atoms with Crippen LogP contribution < -0.4 is 5.73 Å². The highest BCUT2D eigenvalue weighted by Gasteiger charge is 2.42. The Morgan fingerprint density at radius 2 is 1.92 bits per heavy atom. The number of anilines is 1. The van der Waals surface area contributed by atoms with E-state index in [1.165, 1.54) is 0 Å². The average Bonchev–Trinajstić information content (AvgIpc) is 2.91. The normalized spacial score (nSPS) is 19.8. The number of nitriles is 1. The molecule has 2 heterocycles. The van der Waals surface area contributed by atoms with Crippen molar-refractivity contribution in [2.75, 3.05) is 18.9 Å². The number of ether oxygens (including phenoxy) is 1. The zero-order chi connectivity index (χ0) is 16.7. The van der Waals surface area contributed by atoms with Gasteiger partial charge in [-0.25, -0.2) is 4.68 Å². The Balaban J connectivity index is 1.65. The van der Waals surface area contributed by atoms with Gasteiger partial charge in [-0.05, 0) is 37.8 Å². The van der Waals surface area contributed by atoms with Gasteiger partial charge < -0.3 is 10.5 Å². The van der Waals surface area contributed by atoms with Crippen LogP contribution in [0.3, 0.4) is 0 Å². The third-order valence-corrected chi connectivity index (χ3v) is 5.88. The molecule has 1 spiro atoms. The highest BCUT2D eigenvalue weighted by atomic mass is 79.9. The number of hydrogen-bond acceptors (Lipinski definition) is 4. The molecule has 1 saturated heterocycles. The van der Waals surface area contributed by atoms with E-state index in [0.717, 1.165) is 48.9 Å². The lowest BCUT2D eigenvalue weighted by molar-refractivity contribution is -0.135. The van der Waals surface area contributed by atoms with Gasteiger partial charge in [0.1, 0.15) is 23.1 Å². The lowest BCUT2D eigenvalue weighted by Gasteiger charge is -2.46. The van der Waals surface area contributed by atoms with E-state index in [1.54, 1.807) is 0 Å². The summed E-state index contributed by atoms with van der Waals surface area (Å²) in [6.07, 6.45) is 4.37. The van der Waals surface area contributed by atoms with E-state index in [2.05, 4.69) is 22.0 Å². The van der Waals surface area contributed by atoms with Gasteiger partial charge in [0.25, 0.3) is 0 Å². The maximum absolute atomic E-state index is 9.55. The second-order valence-electron chi connectivity index (χ2n) is 6.90. The Labute approximate surface area is 149 Å². The number of nitrogen functional groups attached to an aromatic ring is 1. The third-order valence-electron chi connectivity index (χ3n) is 5.36. The van der Waals surface area contributed by atoms with Gasteiger partial charge in [-0.3, -0.25) is 0 Å². The Morgan fingerprint density at radius 3 is 2.46 bits per heavy atom. The molecule has 4 rings (SSSR count). The molecule has 0 amide bonds.